The third kappa shape index (κ3) is 2.82. The second-order valence-corrected chi connectivity index (χ2v) is 4.64. The Balaban J connectivity index is 2.65. The SMILES string of the molecule is CC(C)N1CCC=C(C(C)(C)O)C1. The first kappa shape index (κ1) is 10.7. The molecule has 0 aromatic rings. The van der Waals surface area contributed by atoms with Gasteiger partial charge in [0.1, 0.15) is 0 Å². The Hall–Kier alpha value is -0.340. The van der Waals surface area contributed by atoms with Crippen molar-refractivity contribution in [2.24, 2.45) is 0 Å². The van der Waals surface area contributed by atoms with Crippen LogP contribution in [0.2, 0.25) is 0 Å². The Labute approximate surface area is 81.2 Å². The molecular weight excluding hydrogens is 162 g/mol. The molecule has 0 aromatic carbocycles. The lowest BCUT2D eigenvalue weighted by Crippen LogP contribution is -2.40. The van der Waals surface area contributed by atoms with E-state index < -0.39 is 5.60 Å². The van der Waals surface area contributed by atoms with Crippen molar-refractivity contribution in [3.63, 3.8) is 0 Å². The highest BCUT2D eigenvalue weighted by Gasteiger charge is 2.24. The molecule has 1 N–H and O–H groups in total. The molecular formula is C11H21NO. The molecule has 0 aromatic heterocycles. The van der Waals surface area contributed by atoms with Crippen molar-refractivity contribution >= 4 is 0 Å². The Morgan fingerprint density at radius 3 is 2.54 bits per heavy atom. The van der Waals surface area contributed by atoms with Crippen molar-refractivity contribution in [3.8, 4) is 0 Å². The first-order chi connectivity index (χ1) is 5.91. The first-order valence-corrected chi connectivity index (χ1v) is 5.07. The van der Waals surface area contributed by atoms with Crippen molar-refractivity contribution in [1.29, 1.82) is 0 Å². The maximum atomic E-state index is 9.85. The Bertz CT molecular complexity index is 201. The minimum absolute atomic E-state index is 0.575. The summed E-state index contributed by atoms with van der Waals surface area (Å²) >= 11 is 0. The minimum atomic E-state index is -0.645. The molecule has 13 heavy (non-hydrogen) atoms. The maximum Gasteiger partial charge on any atom is 0.0813 e. The van der Waals surface area contributed by atoms with Gasteiger partial charge in [0, 0.05) is 19.1 Å². The predicted molar refractivity (Wildman–Crippen MR) is 55.7 cm³/mol. The van der Waals surface area contributed by atoms with Crippen molar-refractivity contribution in [1.82, 2.24) is 4.90 Å². The van der Waals surface area contributed by atoms with Gasteiger partial charge in [-0.25, -0.2) is 0 Å². The average Bonchev–Trinajstić information content (AvgIpc) is 2.03. The van der Waals surface area contributed by atoms with Gasteiger partial charge in [-0.2, -0.15) is 0 Å². The van der Waals surface area contributed by atoms with E-state index in [0.717, 1.165) is 25.1 Å². The monoisotopic (exact) mass is 183 g/mol. The number of hydrogen-bond acceptors (Lipinski definition) is 2. The normalized spacial score (nSPS) is 20.6. The van der Waals surface area contributed by atoms with Crippen molar-refractivity contribution in [2.45, 2.75) is 45.8 Å². The molecule has 2 heteroatoms. The van der Waals surface area contributed by atoms with Crippen LogP contribution in [0.4, 0.5) is 0 Å². The zero-order valence-corrected chi connectivity index (χ0v) is 9.17. The topological polar surface area (TPSA) is 23.5 Å². The van der Waals surface area contributed by atoms with Gasteiger partial charge < -0.3 is 5.11 Å². The van der Waals surface area contributed by atoms with E-state index in [4.69, 9.17) is 0 Å². The van der Waals surface area contributed by atoms with Gasteiger partial charge in [-0.15, -0.1) is 0 Å². The zero-order chi connectivity index (χ0) is 10.1. The van der Waals surface area contributed by atoms with Crippen LogP contribution in [-0.4, -0.2) is 34.7 Å². The van der Waals surface area contributed by atoms with Gasteiger partial charge in [-0.3, -0.25) is 4.90 Å². The van der Waals surface area contributed by atoms with Crippen LogP contribution in [-0.2, 0) is 0 Å². The molecule has 2 nitrogen and oxygen atoms in total. The maximum absolute atomic E-state index is 9.85. The van der Waals surface area contributed by atoms with Gasteiger partial charge in [0.2, 0.25) is 0 Å². The quantitative estimate of drug-likeness (QED) is 0.660. The van der Waals surface area contributed by atoms with Gasteiger partial charge >= 0.3 is 0 Å². The highest BCUT2D eigenvalue weighted by atomic mass is 16.3. The molecule has 1 aliphatic rings. The van der Waals surface area contributed by atoms with Gasteiger partial charge in [0.15, 0.2) is 0 Å². The third-order valence-corrected chi connectivity index (χ3v) is 2.70. The summed E-state index contributed by atoms with van der Waals surface area (Å²) in [4.78, 5) is 2.40. The summed E-state index contributed by atoms with van der Waals surface area (Å²) in [5.74, 6) is 0. The third-order valence-electron chi connectivity index (χ3n) is 2.70. The van der Waals surface area contributed by atoms with Gasteiger partial charge in [0.05, 0.1) is 5.60 Å². The van der Waals surface area contributed by atoms with Gasteiger partial charge in [-0.05, 0) is 39.7 Å². The van der Waals surface area contributed by atoms with E-state index in [0.29, 0.717) is 6.04 Å². The van der Waals surface area contributed by atoms with E-state index >= 15 is 0 Å². The van der Waals surface area contributed by atoms with Crippen LogP contribution in [0, 0.1) is 0 Å². The van der Waals surface area contributed by atoms with E-state index in [9.17, 15) is 5.11 Å². The molecule has 76 valence electrons. The fourth-order valence-electron chi connectivity index (χ4n) is 1.65. The first-order valence-electron chi connectivity index (χ1n) is 5.07. The van der Waals surface area contributed by atoms with Crippen LogP contribution in [0.3, 0.4) is 0 Å². The van der Waals surface area contributed by atoms with Crippen LogP contribution in [0.15, 0.2) is 11.6 Å². The highest BCUT2D eigenvalue weighted by Crippen LogP contribution is 2.22. The van der Waals surface area contributed by atoms with E-state index in [1.807, 2.05) is 13.8 Å². The number of hydrogen-bond donors (Lipinski definition) is 1. The van der Waals surface area contributed by atoms with E-state index in [1.165, 1.54) is 0 Å². The molecule has 0 bridgehead atoms. The van der Waals surface area contributed by atoms with Crippen molar-refractivity contribution in [3.05, 3.63) is 11.6 Å². The second kappa shape index (κ2) is 3.81. The highest BCUT2D eigenvalue weighted by molar-refractivity contribution is 5.18. The number of aliphatic hydroxyl groups is 1. The van der Waals surface area contributed by atoms with E-state index in [-0.39, 0.29) is 0 Å². The summed E-state index contributed by atoms with van der Waals surface area (Å²) in [7, 11) is 0. The minimum Gasteiger partial charge on any atom is -0.386 e. The average molecular weight is 183 g/mol. The lowest BCUT2D eigenvalue weighted by molar-refractivity contribution is 0.0993. The molecule has 0 radical (unpaired) electrons. The molecule has 0 atom stereocenters. The number of rotatable bonds is 2. The van der Waals surface area contributed by atoms with Crippen LogP contribution >= 0.6 is 0 Å². The molecule has 1 rings (SSSR count). The fourth-order valence-corrected chi connectivity index (χ4v) is 1.65. The zero-order valence-electron chi connectivity index (χ0n) is 9.17. The molecule has 0 amide bonds. The molecule has 0 aliphatic carbocycles. The Morgan fingerprint density at radius 1 is 1.46 bits per heavy atom. The number of nitrogens with zero attached hydrogens (tertiary/aromatic N) is 1. The summed E-state index contributed by atoms with van der Waals surface area (Å²) in [6, 6.07) is 0.575. The molecule has 0 saturated heterocycles. The summed E-state index contributed by atoms with van der Waals surface area (Å²) in [5, 5.41) is 9.85. The summed E-state index contributed by atoms with van der Waals surface area (Å²) in [6.45, 7) is 10.2. The lowest BCUT2D eigenvalue weighted by Gasteiger charge is -2.34. The lowest BCUT2D eigenvalue weighted by atomic mass is 9.94. The fraction of sp³-hybridized carbons (Fsp3) is 0.818. The summed E-state index contributed by atoms with van der Waals surface area (Å²) in [6.07, 6.45) is 3.25. The molecule has 0 fully saturated rings. The van der Waals surface area contributed by atoms with Gasteiger partial charge in [0.25, 0.3) is 0 Å². The summed E-state index contributed by atoms with van der Waals surface area (Å²) in [5.41, 5.74) is 0.514. The summed E-state index contributed by atoms with van der Waals surface area (Å²) < 4.78 is 0. The van der Waals surface area contributed by atoms with E-state index in [2.05, 4.69) is 24.8 Å². The van der Waals surface area contributed by atoms with Crippen LogP contribution < -0.4 is 0 Å². The van der Waals surface area contributed by atoms with Crippen molar-refractivity contribution in [2.75, 3.05) is 13.1 Å². The predicted octanol–water partition coefficient (Wildman–Crippen LogP) is 1.80. The van der Waals surface area contributed by atoms with Crippen LogP contribution in [0.5, 0.6) is 0 Å². The van der Waals surface area contributed by atoms with Crippen LogP contribution in [0.25, 0.3) is 0 Å². The molecule has 0 spiro atoms. The Morgan fingerprint density at radius 2 is 2.08 bits per heavy atom. The molecule has 1 aliphatic heterocycles. The second-order valence-electron chi connectivity index (χ2n) is 4.64. The van der Waals surface area contributed by atoms with Gasteiger partial charge in [-0.1, -0.05) is 6.08 Å². The smallest absolute Gasteiger partial charge is 0.0813 e. The standard InChI is InChI=1S/C11H21NO/c1-9(2)12-7-5-6-10(8-12)11(3,4)13/h6,9,13H,5,7-8H2,1-4H3. The largest absolute Gasteiger partial charge is 0.386 e. The molecule has 0 unspecified atom stereocenters. The Kier molecular flexibility index (Phi) is 3.14. The van der Waals surface area contributed by atoms with Crippen molar-refractivity contribution < 1.29 is 5.11 Å². The molecule has 1 heterocycles. The van der Waals surface area contributed by atoms with Crippen LogP contribution in [0.1, 0.15) is 34.1 Å². The molecule has 0 saturated carbocycles. The van der Waals surface area contributed by atoms with E-state index in [1.54, 1.807) is 0 Å².